The van der Waals surface area contributed by atoms with Crippen molar-refractivity contribution < 1.29 is 0 Å². The van der Waals surface area contributed by atoms with Gasteiger partial charge in [0.25, 0.3) is 0 Å². The van der Waals surface area contributed by atoms with Crippen molar-refractivity contribution in [3.8, 4) is 5.69 Å². The van der Waals surface area contributed by atoms with Crippen LogP contribution in [0.2, 0.25) is 0 Å². The van der Waals surface area contributed by atoms with E-state index in [0.29, 0.717) is 0 Å². The summed E-state index contributed by atoms with van der Waals surface area (Å²) in [7, 11) is 0. The number of nitrogens with zero attached hydrogens (tertiary/aromatic N) is 4. The summed E-state index contributed by atoms with van der Waals surface area (Å²) in [5, 5.41) is 14.6. The smallest absolute Gasteiger partial charge is 0.143 e. The third-order valence-corrected chi connectivity index (χ3v) is 4.09. The van der Waals surface area contributed by atoms with Crippen molar-refractivity contribution in [2.45, 2.75) is 20.4 Å². The van der Waals surface area contributed by atoms with Gasteiger partial charge in [0.2, 0.25) is 0 Å². The highest BCUT2D eigenvalue weighted by Crippen LogP contribution is 2.22. The first kappa shape index (κ1) is 12.8. The second-order valence-electron chi connectivity index (χ2n) is 4.60. The predicted molar refractivity (Wildman–Crippen MR) is 80.3 cm³/mol. The maximum Gasteiger partial charge on any atom is 0.143 e. The van der Waals surface area contributed by atoms with Crippen LogP contribution in [0.5, 0.6) is 0 Å². The van der Waals surface area contributed by atoms with E-state index in [9.17, 15) is 0 Å². The van der Waals surface area contributed by atoms with Crippen LogP contribution < -0.4 is 5.32 Å². The third-order valence-electron chi connectivity index (χ3n) is 3.09. The van der Waals surface area contributed by atoms with Gasteiger partial charge in [0, 0.05) is 22.0 Å². The molecule has 0 radical (unpaired) electrons. The Morgan fingerprint density at radius 3 is 2.85 bits per heavy atom. The van der Waals surface area contributed by atoms with E-state index in [1.165, 1.54) is 15.3 Å². The summed E-state index contributed by atoms with van der Waals surface area (Å²) >= 11 is 1.83. The summed E-state index contributed by atoms with van der Waals surface area (Å²) in [5.74, 6) is 0. The van der Waals surface area contributed by atoms with Gasteiger partial charge in [-0.15, -0.1) is 16.4 Å². The summed E-state index contributed by atoms with van der Waals surface area (Å²) in [4.78, 5) is 2.72. The topological polar surface area (TPSA) is 55.6 Å². The fraction of sp³-hybridized carbons (Fsp3) is 0.214. The molecule has 1 aromatic carbocycles. The maximum atomic E-state index is 3.89. The Kier molecular flexibility index (Phi) is 3.47. The second-order valence-corrected chi connectivity index (χ2v) is 6.06. The standard InChI is InChI=1S/C14H15N5S/c1-10-6-12(11(2)20-10)8-15-13-4-3-5-14(7-13)19-9-16-17-18-19/h3-7,9,15H,8H2,1-2H3. The van der Waals surface area contributed by atoms with Crippen molar-refractivity contribution in [1.29, 1.82) is 0 Å². The first-order valence-corrected chi connectivity index (χ1v) is 7.17. The van der Waals surface area contributed by atoms with Crippen molar-refractivity contribution >= 4 is 17.0 Å². The highest BCUT2D eigenvalue weighted by atomic mass is 32.1. The van der Waals surface area contributed by atoms with Crippen molar-refractivity contribution in [3.63, 3.8) is 0 Å². The summed E-state index contributed by atoms with van der Waals surface area (Å²) < 4.78 is 1.64. The van der Waals surface area contributed by atoms with Crippen LogP contribution in [0, 0.1) is 13.8 Å². The van der Waals surface area contributed by atoms with Gasteiger partial charge in [0.05, 0.1) is 5.69 Å². The first-order chi connectivity index (χ1) is 9.72. The summed E-state index contributed by atoms with van der Waals surface area (Å²) in [6.07, 6.45) is 1.59. The molecular formula is C14H15N5S. The average Bonchev–Trinajstić information content (AvgIpc) is 3.07. The van der Waals surface area contributed by atoms with Crippen LogP contribution in [0.1, 0.15) is 15.3 Å². The van der Waals surface area contributed by atoms with Crippen molar-refractivity contribution in [3.05, 3.63) is 52.0 Å². The van der Waals surface area contributed by atoms with E-state index in [0.717, 1.165) is 17.9 Å². The lowest BCUT2D eigenvalue weighted by molar-refractivity contribution is 0.789. The molecule has 0 spiro atoms. The molecule has 0 fully saturated rings. The molecule has 1 N–H and O–H groups in total. The molecule has 0 aliphatic rings. The lowest BCUT2D eigenvalue weighted by Gasteiger charge is -2.08. The van der Waals surface area contributed by atoms with Crippen LogP contribution in [-0.2, 0) is 6.54 Å². The molecule has 0 atom stereocenters. The molecule has 5 nitrogen and oxygen atoms in total. The number of aryl methyl sites for hydroxylation is 2. The van der Waals surface area contributed by atoms with Gasteiger partial charge in [-0.3, -0.25) is 0 Å². The number of benzene rings is 1. The number of tetrazole rings is 1. The molecule has 102 valence electrons. The van der Waals surface area contributed by atoms with E-state index in [4.69, 9.17) is 0 Å². The van der Waals surface area contributed by atoms with Crippen LogP contribution in [0.3, 0.4) is 0 Å². The zero-order chi connectivity index (χ0) is 13.9. The summed E-state index contributed by atoms with van der Waals surface area (Å²) in [6, 6.07) is 10.3. The van der Waals surface area contributed by atoms with Gasteiger partial charge in [-0.25, -0.2) is 4.68 Å². The minimum absolute atomic E-state index is 0.829. The molecule has 0 aliphatic heterocycles. The zero-order valence-electron chi connectivity index (χ0n) is 11.4. The van der Waals surface area contributed by atoms with Crippen molar-refractivity contribution in [1.82, 2.24) is 20.2 Å². The molecule has 0 unspecified atom stereocenters. The fourth-order valence-corrected chi connectivity index (χ4v) is 3.04. The Morgan fingerprint density at radius 1 is 1.25 bits per heavy atom. The molecule has 6 heteroatoms. The Hall–Kier alpha value is -2.21. The first-order valence-electron chi connectivity index (χ1n) is 6.35. The molecule has 0 saturated carbocycles. The molecule has 2 heterocycles. The largest absolute Gasteiger partial charge is 0.381 e. The molecule has 2 aromatic heterocycles. The Morgan fingerprint density at radius 2 is 2.15 bits per heavy atom. The van der Waals surface area contributed by atoms with E-state index in [2.05, 4.69) is 40.8 Å². The molecule has 3 rings (SSSR count). The van der Waals surface area contributed by atoms with Gasteiger partial charge >= 0.3 is 0 Å². The van der Waals surface area contributed by atoms with Gasteiger partial charge in [-0.05, 0) is 54.1 Å². The number of aromatic nitrogens is 4. The molecule has 3 aromatic rings. The van der Waals surface area contributed by atoms with E-state index in [1.807, 2.05) is 35.6 Å². The minimum Gasteiger partial charge on any atom is -0.381 e. The summed E-state index contributed by atoms with van der Waals surface area (Å²) in [5.41, 5.74) is 3.35. The van der Waals surface area contributed by atoms with Crippen LogP contribution in [0.25, 0.3) is 5.69 Å². The fourth-order valence-electron chi connectivity index (χ4n) is 2.09. The molecule has 0 saturated heterocycles. The molecule has 0 bridgehead atoms. The number of thiophene rings is 1. The number of rotatable bonds is 4. The van der Waals surface area contributed by atoms with E-state index in [-0.39, 0.29) is 0 Å². The third kappa shape index (κ3) is 2.70. The highest BCUT2D eigenvalue weighted by Gasteiger charge is 2.03. The van der Waals surface area contributed by atoms with Crippen LogP contribution in [-0.4, -0.2) is 20.2 Å². The zero-order valence-corrected chi connectivity index (χ0v) is 12.2. The quantitative estimate of drug-likeness (QED) is 0.800. The second kappa shape index (κ2) is 5.42. The summed E-state index contributed by atoms with van der Waals surface area (Å²) in [6.45, 7) is 5.13. The number of hydrogen-bond donors (Lipinski definition) is 1. The number of anilines is 1. The van der Waals surface area contributed by atoms with Crippen molar-refractivity contribution in [2.75, 3.05) is 5.32 Å². The van der Waals surface area contributed by atoms with Crippen molar-refractivity contribution in [2.24, 2.45) is 0 Å². The molecule has 20 heavy (non-hydrogen) atoms. The van der Waals surface area contributed by atoms with Crippen LogP contribution in [0.4, 0.5) is 5.69 Å². The van der Waals surface area contributed by atoms with E-state index >= 15 is 0 Å². The van der Waals surface area contributed by atoms with Gasteiger partial charge in [0.15, 0.2) is 0 Å². The minimum atomic E-state index is 0.829. The van der Waals surface area contributed by atoms with E-state index in [1.54, 1.807) is 11.0 Å². The maximum absolute atomic E-state index is 3.89. The van der Waals surface area contributed by atoms with Gasteiger partial charge in [-0.1, -0.05) is 6.07 Å². The van der Waals surface area contributed by atoms with E-state index < -0.39 is 0 Å². The monoisotopic (exact) mass is 285 g/mol. The highest BCUT2D eigenvalue weighted by molar-refractivity contribution is 7.12. The van der Waals surface area contributed by atoms with Gasteiger partial charge in [-0.2, -0.15) is 0 Å². The Balaban J connectivity index is 1.75. The number of hydrogen-bond acceptors (Lipinski definition) is 5. The van der Waals surface area contributed by atoms with Gasteiger partial charge in [0.1, 0.15) is 6.33 Å². The molecule has 0 aliphatic carbocycles. The molecule has 0 amide bonds. The lowest BCUT2D eigenvalue weighted by atomic mass is 10.2. The van der Waals surface area contributed by atoms with Gasteiger partial charge < -0.3 is 5.32 Å². The normalized spacial score (nSPS) is 10.7. The molecular weight excluding hydrogens is 270 g/mol. The Bertz CT molecular complexity index is 702. The van der Waals surface area contributed by atoms with Crippen LogP contribution in [0.15, 0.2) is 36.7 Å². The van der Waals surface area contributed by atoms with Crippen LogP contribution >= 0.6 is 11.3 Å². The number of nitrogens with one attached hydrogen (secondary N) is 1. The Labute approximate surface area is 121 Å². The lowest BCUT2D eigenvalue weighted by Crippen LogP contribution is -2.01. The SMILES string of the molecule is Cc1cc(CNc2cccc(-n3cnnn3)c2)c(C)s1. The average molecular weight is 285 g/mol. The predicted octanol–water partition coefficient (Wildman–Crippen LogP) is 2.95.